The monoisotopic (exact) mass is 339 g/mol. The number of ether oxygens (including phenoxy) is 1. The Hall–Kier alpha value is -2.80. The maximum Gasteiger partial charge on any atom is 0.232 e. The number of thioether (sulfide) groups is 1. The summed E-state index contributed by atoms with van der Waals surface area (Å²) in [6.45, 7) is 0. The predicted octanol–water partition coefficient (Wildman–Crippen LogP) is 3.50. The normalized spacial score (nSPS) is 10.4. The van der Waals surface area contributed by atoms with Gasteiger partial charge in [0.2, 0.25) is 11.9 Å². The molecule has 0 saturated carbocycles. The first-order valence-corrected chi connectivity index (χ1v) is 8.31. The summed E-state index contributed by atoms with van der Waals surface area (Å²) in [5, 5.41) is 3.13. The Morgan fingerprint density at radius 2 is 1.75 bits per heavy atom. The van der Waals surface area contributed by atoms with E-state index in [1.807, 2.05) is 54.6 Å². The van der Waals surface area contributed by atoms with Gasteiger partial charge in [0.25, 0.3) is 0 Å². The van der Waals surface area contributed by atoms with Crippen LogP contribution in [0.25, 0.3) is 0 Å². The maximum atomic E-state index is 5.79. The number of rotatable bonds is 6. The summed E-state index contributed by atoms with van der Waals surface area (Å²) in [6, 6.07) is 17.5. The molecule has 3 aromatic rings. The fourth-order valence-electron chi connectivity index (χ4n) is 2.03. The highest BCUT2D eigenvalue weighted by atomic mass is 32.2. The SMILES string of the molecule is COc1ccc(SCc2nc(N)nc(Nc3ccccc3)n2)cc1. The Labute approximate surface area is 144 Å². The second-order valence-corrected chi connectivity index (χ2v) is 5.94. The van der Waals surface area contributed by atoms with Crippen molar-refractivity contribution in [3.05, 3.63) is 60.4 Å². The summed E-state index contributed by atoms with van der Waals surface area (Å²) in [4.78, 5) is 13.8. The number of hydrogen-bond acceptors (Lipinski definition) is 7. The quantitative estimate of drug-likeness (QED) is 0.665. The van der Waals surface area contributed by atoms with Crippen LogP contribution in [0.5, 0.6) is 5.75 Å². The summed E-state index contributed by atoms with van der Waals surface area (Å²) in [7, 11) is 1.65. The van der Waals surface area contributed by atoms with Gasteiger partial charge < -0.3 is 15.8 Å². The first-order chi connectivity index (χ1) is 11.7. The molecule has 0 aliphatic heterocycles. The molecule has 7 heteroatoms. The minimum atomic E-state index is 0.203. The fraction of sp³-hybridized carbons (Fsp3) is 0.118. The van der Waals surface area contributed by atoms with E-state index >= 15 is 0 Å². The Morgan fingerprint density at radius 3 is 2.46 bits per heavy atom. The van der Waals surface area contributed by atoms with E-state index in [0.717, 1.165) is 16.3 Å². The first-order valence-electron chi connectivity index (χ1n) is 7.32. The van der Waals surface area contributed by atoms with Crippen molar-refractivity contribution in [2.75, 3.05) is 18.2 Å². The van der Waals surface area contributed by atoms with Gasteiger partial charge in [-0.15, -0.1) is 11.8 Å². The number of para-hydroxylation sites is 1. The molecule has 0 bridgehead atoms. The minimum absolute atomic E-state index is 0.203. The van der Waals surface area contributed by atoms with E-state index < -0.39 is 0 Å². The number of nitrogens with two attached hydrogens (primary N) is 1. The van der Waals surface area contributed by atoms with E-state index in [1.165, 1.54) is 0 Å². The molecule has 2 aromatic carbocycles. The van der Waals surface area contributed by atoms with Crippen LogP contribution >= 0.6 is 11.8 Å². The smallest absolute Gasteiger partial charge is 0.232 e. The molecule has 1 heterocycles. The lowest BCUT2D eigenvalue weighted by Crippen LogP contribution is -2.06. The zero-order chi connectivity index (χ0) is 16.8. The van der Waals surface area contributed by atoms with Gasteiger partial charge in [-0.2, -0.15) is 15.0 Å². The van der Waals surface area contributed by atoms with Crippen molar-refractivity contribution in [2.45, 2.75) is 10.6 Å². The third-order valence-corrected chi connectivity index (χ3v) is 4.16. The molecule has 24 heavy (non-hydrogen) atoms. The third-order valence-electron chi connectivity index (χ3n) is 3.16. The van der Waals surface area contributed by atoms with Crippen molar-refractivity contribution in [1.29, 1.82) is 0 Å². The summed E-state index contributed by atoms with van der Waals surface area (Å²) in [5.74, 6) is 2.70. The van der Waals surface area contributed by atoms with Gasteiger partial charge in [0.1, 0.15) is 11.6 Å². The van der Waals surface area contributed by atoms with Crippen LogP contribution in [-0.2, 0) is 5.75 Å². The second-order valence-electron chi connectivity index (χ2n) is 4.89. The van der Waals surface area contributed by atoms with Gasteiger partial charge in [-0.1, -0.05) is 18.2 Å². The lowest BCUT2D eigenvalue weighted by Gasteiger charge is -2.07. The molecule has 0 spiro atoms. The Kier molecular flexibility index (Phi) is 5.12. The van der Waals surface area contributed by atoms with Crippen LogP contribution in [0.2, 0.25) is 0 Å². The summed E-state index contributed by atoms with van der Waals surface area (Å²) in [6.07, 6.45) is 0. The van der Waals surface area contributed by atoms with Crippen molar-refractivity contribution in [1.82, 2.24) is 15.0 Å². The van der Waals surface area contributed by atoms with E-state index in [1.54, 1.807) is 18.9 Å². The van der Waals surface area contributed by atoms with Gasteiger partial charge in [-0.3, -0.25) is 0 Å². The molecule has 0 radical (unpaired) electrons. The van der Waals surface area contributed by atoms with Gasteiger partial charge in [0.05, 0.1) is 12.9 Å². The number of anilines is 3. The topological polar surface area (TPSA) is 86.0 Å². The van der Waals surface area contributed by atoms with Crippen LogP contribution in [-0.4, -0.2) is 22.1 Å². The van der Waals surface area contributed by atoms with Gasteiger partial charge in [0, 0.05) is 10.6 Å². The lowest BCUT2D eigenvalue weighted by molar-refractivity contribution is 0.414. The highest BCUT2D eigenvalue weighted by Gasteiger charge is 2.06. The number of nitrogens with zero attached hydrogens (tertiary/aromatic N) is 3. The van der Waals surface area contributed by atoms with Crippen molar-refractivity contribution >= 4 is 29.3 Å². The second kappa shape index (κ2) is 7.65. The van der Waals surface area contributed by atoms with Crippen molar-refractivity contribution in [3.63, 3.8) is 0 Å². The van der Waals surface area contributed by atoms with Crippen LogP contribution < -0.4 is 15.8 Å². The Balaban J connectivity index is 1.69. The van der Waals surface area contributed by atoms with Crippen LogP contribution in [0.4, 0.5) is 17.6 Å². The molecule has 0 aliphatic carbocycles. The number of hydrogen-bond donors (Lipinski definition) is 2. The van der Waals surface area contributed by atoms with E-state index in [4.69, 9.17) is 10.5 Å². The van der Waals surface area contributed by atoms with Crippen molar-refractivity contribution < 1.29 is 4.74 Å². The number of nitrogen functional groups attached to an aromatic ring is 1. The fourth-order valence-corrected chi connectivity index (χ4v) is 2.78. The molecule has 6 nitrogen and oxygen atoms in total. The van der Waals surface area contributed by atoms with Gasteiger partial charge in [0.15, 0.2) is 0 Å². The molecular weight excluding hydrogens is 322 g/mol. The van der Waals surface area contributed by atoms with E-state index in [-0.39, 0.29) is 5.95 Å². The number of nitrogens with one attached hydrogen (secondary N) is 1. The van der Waals surface area contributed by atoms with Gasteiger partial charge >= 0.3 is 0 Å². The van der Waals surface area contributed by atoms with E-state index in [2.05, 4.69) is 20.3 Å². The summed E-state index contributed by atoms with van der Waals surface area (Å²) in [5.41, 5.74) is 6.69. The van der Waals surface area contributed by atoms with E-state index in [0.29, 0.717) is 17.5 Å². The first kappa shape index (κ1) is 16.1. The van der Waals surface area contributed by atoms with Gasteiger partial charge in [-0.25, -0.2) is 0 Å². The highest BCUT2D eigenvalue weighted by molar-refractivity contribution is 7.98. The molecule has 3 N–H and O–H groups in total. The van der Waals surface area contributed by atoms with Crippen LogP contribution in [0.1, 0.15) is 5.82 Å². The van der Waals surface area contributed by atoms with Crippen molar-refractivity contribution in [3.8, 4) is 5.75 Å². The minimum Gasteiger partial charge on any atom is -0.497 e. The lowest BCUT2D eigenvalue weighted by atomic mass is 10.3. The Morgan fingerprint density at radius 1 is 1.00 bits per heavy atom. The van der Waals surface area contributed by atoms with Crippen LogP contribution in [0.3, 0.4) is 0 Å². The molecule has 0 saturated heterocycles. The largest absolute Gasteiger partial charge is 0.497 e. The molecule has 0 amide bonds. The third kappa shape index (κ3) is 4.36. The van der Waals surface area contributed by atoms with Crippen LogP contribution in [0, 0.1) is 0 Å². The van der Waals surface area contributed by atoms with Crippen LogP contribution in [0.15, 0.2) is 59.5 Å². The number of methoxy groups -OCH3 is 1. The molecule has 0 fully saturated rings. The zero-order valence-corrected chi connectivity index (χ0v) is 14.0. The molecule has 3 rings (SSSR count). The molecule has 122 valence electrons. The maximum absolute atomic E-state index is 5.79. The predicted molar refractivity (Wildman–Crippen MR) is 96.5 cm³/mol. The average molecular weight is 339 g/mol. The standard InChI is InChI=1S/C17H17N5OS/c1-23-13-7-9-14(10-8-13)24-11-15-20-16(18)22-17(21-15)19-12-5-3-2-4-6-12/h2-10H,11H2,1H3,(H3,18,19,20,21,22). The molecule has 0 unspecified atom stereocenters. The molecule has 1 aromatic heterocycles. The molecule has 0 atom stereocenters. The number of aromatic nitrogens is 3. The average Bonchev–Trinajstić information content (AvgIpc) is 2.61. The van der Waals surface area contributed by atoms with Crippen molar-refractivity contribution in [2.24, 2.45) is 0 Å². The van der Waals surface area contributed by atoms with E-state index in [9.17, 15) is 0 Å². The van der Waals surface area contributed by atoms with Gasteiger partial charge in [-0.05, 0) is 36.4 Å². The molecular formula is C17H17N5OS. The Bertz CT molecular complexity index is 796. The summed E-state index contributed by atoms with van der Waals surface area (Å²) < 4.78 is 5.15. The summed E-state index contributed by atoms with van der Waals surface area (Å²) >= 11 is 1.62. The zero-order valence-electron chi connectivity index (χ0n) is 13.1. The highest BCUT2D eigenvalue weighted by Crippen LogP contribution is 2.24. The number of benzene rings is 2. The molecule has 0 aliphatic rings.